The number of fused-ring (bicyclic) bond motifs is 1. The summed E-state index contributed by atoms with van der Waals surface area (Å²) < 4.78 is 0. The molecule has 1 aromatic rings. The monoisotopic (exact) mass is 437 g/mol. The Morgan fingerprint density at radius 2 is 1.97 bits per heavy atom. The number of piperidine rings is 1. The summed E-state index contributed by atoms with van der Waals surface area (Å²) in [6.45, 7) is 4.18. The second-order valence-electron chi connectivity index (χ2n) is 8.85. The van der Waals surface area contributed by atoms with Crippen LogP contribution in [0.3, 0.4) is 0 Å². The van der Waals surface area contributed by atoms with Crippen LogP contribution in [0, 0.1) is 17.8 Å². The van der Waals surface area contributed by atoms with E-state index in [1.165, 1.54) is 0 Å². The molecule has 4 rings (SSSR count). The zero-order valence-electron chi connectivity index (χ0n) is 18.2. The summed E-state index contributed by atoms with van der Waals surface area (Å²) in [4.78, 5) is 63.5. The third kappa shape index (κ3) is 3.85. The number of hydrogen-bond donors (Lipinski definition) is 2. The van der Waals surface area contributed by atoms with Crippen LogP contribution in [0.2, 0.25) is 0 Å². The van der Waals surface area contributed by atoms with E-state index in [2.05, 4.69) is 23.6 Å². The fraction of sp³-hybridized carbons (Fsp3) is 0.458. The molecule has 2 aliphatic heterocycles. The summed E-state index contributed by atoms with van der Waals surface area (Å²) in [6.07, 6.45) is 6.10. The van der Waals surface area contributed by atoms with Crippen molar-refractivity contribution in [1.82, 2.24) is 15.5 Å². The van der Waals surface area contributed by atoms with Gasteiger partial charge in [0.2, 0.25) is 17.7 Å². The molecule has 0 aromatic heterocycles. The van der Waals surface area contributed by atoms with E-state index in [-0.39, 0.29) is 48.3 Å². The maximum Gasteiger partial charge on any atom is 0.262 e. The molecule has 1 aliphatic carbocycles. The van der Waals surface area contributed by atoms with Crippen LogP contribution in [-0.4, -0.2) is 40.5 Å². The average Bonchev–Trinajstić information content (AvgIpc) is 3.24. The molecule has 8 heteroatoms. The first-order valence-electron chi connectivity index (χ1n) is 11.1. The van der Waals surface area contributed by atoms with Gasteiger partial charge in [-0.1, -0.05) is 31.2 Å². The first-order chi connectivity index (χ1) is 15.3. The van der Waals surface area contributed by atoms with E-state index in [0.717, 1.165) is 17.7 Å². The predicted octanol–water partition coefficient (Wildman–Crippen LogP) is 1.94. The first-order valence-corrected chi connectivity index (χ1v) is 11.1. The normalized spacial score (nSPS) is 27.8. The molecule has 8 nitrogen and oxygen atoms in total. The van der Waals surface area contributed by atoms with Gasteiger partial charge >= 0.3 is 0 Å². The van der Waals surface area contributed by atoms with Gasteiger partial charge < -0.3 is 5.32 Å². The van der Waals surface area contributed by atoms with Crippen molar-refractivity contribution in [2.75, 3.05) is 0 Å². The molecule has 168 valence electrons. The zero-order chi connectivity index (χ0) is 23.0. The van der Waals surface area contributed by atoms with Gasteiger partial charge in [-0.15, -0.1) is 0 Å². The molecule has 3 aliphatic rings. The van der Waals surface area contributed by atoms with Crippen LogP contribution in [0.15, 0.2) is 30.4 Å². The molecule has 2 unspecified atom stereocenters. The van der Waals surface area contributed by atoms with E-state index in [1.54, 1.807) is 18.2 Å². The average molecular weight is 437 g/mol. The number of allylic oxidation sites excluding steroid dienone is 2. The van der Waals surface area contributed by atoms with Crippen LogP contribution >= 0.6 is 0 Å². The predicted molar refractivity (Wildman–Crippen MR) is 115 cm³/mol. The summed E-state index contributed by atoms with van der Waals surface area (Å²) in [5.74, 6) is -1.65. The third-order valence-electron chi connectivity index (χ3n) is 6.73. The molecule has 0 spiro atoms. The fourth-order valence-electron chi connectivity index (χ4n) is 5.14. The topological polar surface area (TPSA) is 113 Å². The minimum absolute atomic E-state index is 0.0547. The Bertz CT molecular complexity index is 1030. The van der Waals surface area contributed by atoms with E-state index in [0.29, 0.717) is 11.5 Å². The summed E-state index contributed by atoms with van der Waals surface area (Å²) in [7, 11) is 0. The van der Waals surface area contributed by atoms with E-state index >= 15 is 0 Å². The van der Waals surface area contributed by atoms with Gasteiger partial charge in [0.25, 0.3) is 11.8 Å². The van der Waals surface area contributed by atoms with Gasteiger partial charge in [-0.2, -0.15) is 0 Å². The van der Waals surface area contributed by atoms with Gasteiger partial charge in [-0.05, 0) is 49.7 Å². The lowest BCUT2D eigenvalue weighted by Gasteiger charge is -2.27. The van der Waals surface area contributed by atoms with Crippen molar-refractivity contribution >= 4 is 29.5 Å². The summed E-state index contributed by atoms with van der Waals surface area (Å²) in [6, 6.07) is 3.91. The Morgan fingerprint density at radius 3 is 2.69 bits per heavy atom. The SMILES string of the molecule is C/C=C\[C@H]1CC(C)[C@@H](C(=O)NCc2cccc3c2C(=O)N(C2CCC(=O)NC2=O)C3=O)C1. The van der Waals surface area contributed by atoms with Crippen LogP contribution in [0.4, 0.5) is 0 Å². The highest BCUT2D eigenvalue weighted by Gasteiger charge is 2.45. The van der Waals surface area contributed by atoms with Gasteiger partial charge in [-0.3, -0.25) is 34.2 Å². The Labute approximate surface area is 186 Å². The largest absolute Gasteiger partial charge is 0.352 e. The number of nitrogens with zero attached hydrogens (tertiary/aromatic N) is 1. The summed E-state index contributed by atoms with van der Waals surface area (Å²) in [5, 5.41) is 5.13. The molecule has 4 atom stereocenters. The van der Waals surface area contributed by atoms with Crippen molar-refractivity contribution in [2.24, 2.45) is 17.8 Å². The second-order valence-corrected chi connectivity index (χ2v) is 8.85. The van der Waals surface area contributed by atoms with Gasteiger partial charge in [0, 0.05) is 18.9 Å². The first kappa shape index (κ1) is 21.9. The molecule has 1 saturated heterocycles. The summed E-state index contributed by atoms with van der Waals surface area (Å²) in [5.41, 5.74) is 0.974. The third-order valence-corrected chi connectivity index (χ3v) is 6.73. The standard InChI is InChI=1S/C24H27N3O5/c1-3-5-14-10-13(2)17(11-14)21(29)25-12-15-6-4-7-16-20(15)24(32)27(23(16)31)18-8-9-19(28)26-22(18)30/h3-7,13-14,17-18H,8-12H2,1-2H3,(H,25,29)(H,26,28,30)/b5-3-/t13?,14-,17-,18?/m0/s1. The Kier molecular flexibility index (Phi) is 5.95. The van der Waals surface area contributed by atoms with Crippen LogP contribution in [0.1, 0.15) is 65.8 Å². The number of amides is 5. The van der Waals surface area contributed by atoms with Crippen molar-refractivity contribution < 1.29 is 24.0 Å². The smallest absolute Gasteiger partial charge is 0.262 e. The molecule has 32 heavy (non-hydrogen) atoms. The van der Waals surface area contributed by atoms with Crippen molar-refractivity contribution in [2.45, 2.75) is 52.1 Å². The Hall–Kier alpha value is -3.29. The molecule has 2 fully saturated rings. The molecule has 1 saturated carbocycles. The van der Waals surface area contributed by atoms with Gasteiger partial charge in [0.1, 0.15) is 6.04 Å². The minimum Gasteiger partial charge on any atom is -0.352 e. The van der Waals surface area contributed by atoms with Gasteiger partial charge in [-0.25, -0.2) is 0 Å². The number of carbonyl (C=O) groups is 5. The quantitative estimate of drug-likeness (QED) is 0.540. The van der Waals surface area contributed by atoms with E-state index in [4.69, 9.17) is 0 Å². The maximum absolute atomic E-state index is 13.1. The molecule has 1 aromatic carbocycles. The fourth-order valence-corrected chi connectivity index (χ4v) is 5.14. The van der Waals surface area contributed by atoms with Gasteiger partial charge in [0.15, 0.2) is 0 Å². The zero-order valence-corrected chi connectivity index (χ0v) is 18.2. The van der Waals surface area contributed by atoms with Crippen LogP contribution in [0.25, 0.3) is 0 Å². The van der Waals surface area contributed by atoms with Crippen LogP contribution in [0.5, 0.6) is 0 Å². The molecule has 2 heterocycles. The number of carbonyl (C=O) groups excluding carboxylic acids is 5. The lowest BCUT2D eigenvalue weighted by atomic mass is 9.97. The van der Waals surface area contributed by atoms with Crippen LogP contribution < -0.4 is 10.6 Å². The number of nitrogens with one attached hydrogen (secondary N) is 2. The van der Waals surface area contributed by atoms with E-state index in [9.17, 15) is 24.0 Å². The summed E-state index contributed by atoms with van der Waals surface area (Å²) >= 11 is 0. The highest BCUT2D eigenvalue weighted by Crippen LogP contribution is 2.37. The number of hydrogen-bond acceptors (Lipinski definition) is 5. The number of imide groups is 2. The molecule has 0 radical (unpaired) electrons. The number of rotatable bonds is 5. The molecular formula is C24H27N3O5. The lowest BCUT2D eigenvalue weighted by molar-refractivity contribution is -0.136. The molecule has 5 amide bonds. The maximum atomic E-state index is 13.1. The van der Waals surface area contributed by atoms with Gasteiger partial charge in [0.05, 0.1) is 11.1 Å². The lowest BCUT2D eigenvalue weighted by Crippen LogP contribution is -2.54. The second kappa shape index (κ2) is 8.68. The van der Waals surface area contributed by atoms with E-state index in [1.807, 2.05) is 13.0 Å². The Balaban J connectivity index is 1.49. The van der Waals surface area contributed by atoms with Crippen molar-refractivity contribution in [3.05, 3.63) is 47.0 Å². The molecule has 0 bridgehead atoms. The highest BCUT2D eigenvalue weighted by molar-refractivity contribution is 6.24. The van der Waals surface area contributed by atoms with Crippen molar-refractivity contribution in [1.29, 1.82) is 0 Å². The van der Waals surface area contributed by atoms with Crippen molar-refractivity contribution in [3.8, 4) is 0 Å². The van der Waals surface area contributed by atoms with Crippen LogP contribution in [-0.2, 0) is 20.9 Å². The highest BCUT2D eigenvalue weighted by atomic mass is 16.2. The van der Waals surface area contributed by atoms with E-state index < -0.39 is 29.7 Å². The Morgan fingerprint density at radius 1 is 1.19 bits per heavy atom. The van der Waals surface area contributed by atoms with Crippen molar-refractivity contribution in [3.63, 3.8) is 0 Å². The molecular weight excluding hydrogens is 410 g/mol. The number of benzene rings is 1. The molecule has 2 N–H and O–H groups in total. The minimum atomic E-state index is -1.01.